The number of benzene rings is 2. The third kappa shape index (κ3) is 15.8. The Bertz CT molecular complexity index is 879. The van der Waals surface area contributed by atoms with Crippen LogP contribution in [0, 0.1) is 5.92 Å². The van der Waals surface area contributed by atoms with Gasteiger partial charge in [0.2, 0.25) is 0 Å². The molecule has 2 aromatic rings. The topological polar surface area (TPSA) is 35.5 Å². The van der Waals surface area contributed by atoms with Gasteiger partial charge < -0.3 is 14.0 Å². The smallest absolute Gasteiger partial charge is 0.314 e. The molecule has 1 unspecified atom stereocenters. The van der Waals surface area contributed by atoms with Crippen LogP contribution >= 0.6 is 0 Å². The standard InChI is InChI=1S/C35H56NO3/c1-5-6-7-8-9-10-11-12-13-15-20-32-23-25-34(26-24-32)38-27-18-19-28-39-35(37)31(2)29-36(3,4)30-33-21-16-14-17-22-33/h14,16-17,21-26,31H,5-13,15,18-20,27-30H2,1-4H3/q+1. The van der Waals surface area contributed by atoms with E-state index in [1.165, 1.54) is 75.3 Å². The minimum Gasteiger partial charge on any atom is -0.494 e. The minimum absolute atomic E-state index is 0.104. The van der Waals surface area contributed by atoms with Crippen molar-refractivity contribution in [1.29, 1.82) is 0 Å². The van der Waals surface area contributed by atoms with Gasteiger partial charge in [0, 0.05) is 5.56 Å². The van der Waals surface area contributed by atoms with E-state index >= 15 is 0 Å². The number of carbonyl (C=O) groups excluding carboxylic acids is 1. The number of ether oxygens (including phenoxy) is 2. The van der Waals surface area contributed by atoms with Gasteiger partial charge in [0.05, 0.1) is 33.9 Å². The number of hydrogen-bond acceptors (Lipinski definition) is 3. The molecule has 0 fully saturated rings. The van der Waals surface area contributed by atoms with Crippen LogP contribution in [0.25, 0.3) is 0 Å². The summed E-state index contributed by atoms with van der Waals surface area (Å²) in [5.41, 5.74) is 2.68. The van der Waals surface area contributed by atoms with Gasteiger partial charge in [0.15, 0.2) is 0 Å². The van der Waals surface area contributed by atoms with Crippen molar-refractivity contribution in [2.75, 3.05) is 33.9 Å². The van der Waals surface area contributed by atoms with Crippen molar-refractivity contribution in [2.24, 2.45) is 5.92 Å². The van der Waals surface area contributed by atoms with E-state index in [1.807, 2.05) is 13.0 Å². The molecule has 4 nitrogen and oxygen atoms in total. The summed E-state index contributed by atoms with van der Waals surface area (Å²) in [7, 11) is 4.33. The van der Waals surface area contributed by atoms with Crippen LogP contribution in [-0.4, -0.2) is 44.3 Å². The van der Waals surface area contributed by atoms with Crippen LogP contribution in [0.15, 0.2) is 54.6 Å². The fraction of sp³-hybridized carbons (Fsp3) is 0.629. The molecule has 0 aliphatic rings. The van der Waals surface area contributed by atoms with E-state index < -0.39 is 0 Å². The maximum atomic E-state index is 12.5. The van der Waals surface area contributed by atoms with Crippen LogP contribution < -0.4 is 4.74 Å². The summed E-state index contributed by atoms with van der Waals surface area (Å²) >= 11 is 0. The second-order valence-corrected chi connectivity index (χ2v) is 12.0. The Balaban J connectivity index is 1.48. The molecule has 0 bridgehead atoms. The average molecular weight is 539 g/mol. The third-order valence-electron chi connectivity index (χ3n) is 7.42. The van der Waals surface area contributed by atoms with Crippen LogP contribution in [-0.2, 0) is 22.5 Å². The first-order valence-electron chi connectivity index (χ1n) is 15.6. The Morgan fingerprint density at radius 3 is 1.95 bits per heavy atom. The number of hydrogen-bond donors (Lipinski definition) is 0. The molecule has 0 radical (unpaired) electrons. The van der Waals surface area contributed by atoms with Gasteiger partial charge in [-0.1, -0.05) is 107 Å². The number of quaternary nitrogens is 1. The highest BCUT2D eigenvalue weighted by molar-refractivity contribution is 5.72. The highest BCUT2D eigenvalue weighted by atomic mass is 16.5. The van der Waals surface area contributed by atoms with Gasteiger partial charge in [-0.05, 0) is 50.3 Å². The van der Waals surface area contributed by atoms with Crippen LogP contribution in [0.4, 0.5) is 0 Å². The Morgan fingerprint density at radius 2 is 1.31 bits per heavy atom. The minimum atomic E-state index is -0.126. The zero-order valence-electron chi connectivity index (χ0n) is 25.5. The molecule has 218 valence electrons. The van der Waals surface area contributed by atoms with E-state index in [-0.39, 0.29) is 11.9 Å². The number of rotatable bonds is 22. The molecule has 0 saturated carbocycles. The van der Waals surface area contributed by atoms with Crippen molar-refractivity contribution in [2.45, 2.75) is 104 Å². The maximum absolute atomic E-state index is 12.5. The predicted molar refractivity (Wildman–Crippen MR) is 164 cm³/mol. The summed E-state index contributed by atoms with van der Waals surface area (Å²) in [6.45, 7) is 7.00. The van der Waals surface area contributed by atoms with Crippen molar-refractivity contribution in [3.8, 4) is 5.75 Å². The molecular formula is C35H56NO3+. The Morgan fingerprint density at radius 1 is 0.718 bits per heavy atom. The van der Waals surface area contributed by atoms with E-state index in [1.54, 1.807) is 0 Å². The lowest BCUT2D eigenvalue weighted by atomic mass is 10.0. The van der Waals surface area contributed by atoms with E-state index in [4.69, 9.17) is 9.47 Å². The molecule has 0 aromatic heterocycles. The fourth-order valence-electron chi connectivity index (χ4n) is 5.24. The van der Waals surface area contributed by atoms with Gasteiger partial charge in [0.1, 0.15) is 18.2 Å². The predicted octanol–water partition coefficient (Wildman–Crippen LogP) is 8.76. The lowest BCUT2D eigenvalue weighted by Crippen LogP contribution is -2.44. The van der Waals surface area contributed by atoms with Crippen LogP contribution in [0.2, 0.25) is 0 Å². The number of aryl methyl sites for hydroxylation is 1. The number of nitrogens with zero attached hydrogens (tertiary/aromatic N) is 1. The van der Waals surface area contributed by atoms with Crippen molar-refractivity contribution >= 4 is 5.97 Å². The van der Waals surface area contributed by atoms with Gasteiger partial charge in [-0.2, -0.15) is 0 Å². The fourth-order valence-corrected chi connectivity index (χ4v) is 5.24. The first-order valence-corrected chi connectivity index (χ1v) is 15.6. The first-order chi connectivity index (χ1) is 18.9. The number of unbranched alkanes of at least 4 members (excludes halogenated alkanes) is 10. The molecule has 0 aliphatic carbocycles. The zero-order chi connectivity index (χ0) is 28.2. The van der Waals surface area contributed by atoms with E-state index in [9.17, 15) is 4.79 Å². The van der Waals surface area contributed by atoms with Crippen molar-refractivity contribution < 1.29 is 18.8 Å². The summed E-state index contributed by atoms with van der Waals surface area (Å²) in [5, 5.41) is 0. The molecule has 0 aliphatic heterocycles. The number of carbonyl (C=O) groups is 1. The summed E-state index contributed by atoms with van der Waals surface area (Å²) in [5.74, 6) is 0.692. The van der Waals surface area contributed by atoms with E-state index in [0.717, 1.165) is 42.6 Å². The molecule has 2 rings (SSSR count). The average Bonchev–Trinajstić information content (AvgIpc) is 2.92. The van der Waals surface area contributed by atoms with Crippen LogP contribution in [0.5, 0.6) is 5.75 Å². The highest BCUT2D eigenvalue weighted by Gasteiger charge is 2.25. The molecule has 39 heavy (non-hydrogen) atoms. The summed E-state index contributed by atoms with van der Waals surface area (Å²) < 4.78 is 12.2. The van der Waals surface area contributed by atoms with Gasteiger partial charge in [-0.15, -0.1) is 0 Å². The van der Waals surface area contributed by atoms with Gasteiger partial charge in [-0.3, -0.25) is 4.79 Å². The molecular weight excluding hydrogens is 482 g/mol. The molecule has 0 amide bonds. The molecule has 0 N–H and O–H groups in total. The Labute approximate surface area is 239 Å². The molecule has 0 spiro atoms. The normalized spacial score (nSPS) is 12.3. The lowest BCUT2D eigenvalue weighted by Gasteiger charge is -2.31. The molecule has 0 heterocycles. The van der Waals surface area contributed by atoms with Crippen molar-refractivity contribution in [3.05, 3.63) is 65.7 Å². The Kier molecular flexibility index (Phi) is 16.6. The largest absolute Gasteiger partial charge is 0.494 e. The van der Waals surface area contributed by atoms with Crippen LogP contribution in [0.3, 0.4) is 0 Å². The van der Waals surface area contributed by atoms with Crippen molar-refractivity contribution in [1.82, 2.24) is 0 Å². The van der Waals surface area contributed by atoms with Gasteiger partial charge in [0.25, 0.3) is 0 Å². The first kappa shape index (κ1) is 32.9. The van der Waals surface area contributed by atoms with E-state index in [0.29, 0.717) is 13.2 Å². The third-order valence-corrected chi connectivity index (χ3v) is 7.42. The van der Waals surface area contributed by atoms with Crippen molar-refractivity contribution in [3.63, 3.8) is 0 Å². The summed E-state index contributed by atoms with van der Waals surface area (Å²) in [4.78, 5) is 12.5. The SMILES string of the molecule is CCCCCCCCCCCCc1ccc(OCCCCOC(=O)C(C)C[N+](C)(C)Cc2ccccc2)cc1. The molecule has 0 saturated heterocycles. The monoisotopic (exact) mass is 538 g/mol. The summed E-state index contributed by atoms with van der Waals surface area (Å²) in [6.07, 6.45) is 16.6. The molecule has 1 atom stereocenters. The maximum Gasteiger partial charge on any atom is 0.314 e. The Hall–Kier alpha value is -2.33. The van der Waals surface area contributed by atoms with Crippen LogP contribution in [0.1, 0.15) is 102 Å². The summed E-state index contributed by atoms with van der Waals surface area (Å²) in [6, 6.07) is 19.0. The van der Waals surface area contributed by atoms with Gasteiger partial charge in [-0.25, -0.2) is 0 Å². The molecule has 4 heteroatoms. The zero-order valence-corrected chi connectivity index (χ0v) is 25.5. The lowest BCUT2D eigenvalue weighted by molar-refractivity contribution is -0.905. The highest BCUT2D eigenvalue weighted by Crippen LogP contribution is 2.17. The second kappa shape index (κ2) is 19.7. The van der Waals surface area contributed by atoms with E-state index in [2.05, 4.69) is 69.6 Å². The quantitative estimate of drug-likeness (QED) is 0.0854. The second-order valence-electron chi connectivity index (χ2n) is 12.0. The number of esters is 1. The van der Waals surface area contributed by atoms with Gasteiger partial charge >= 0.3 is 5.97 Å². The molecule has 2 aromatic carbocycles.